The summed E-state index contributed by atoms with van der Waals surface area (Å²) < 4.78 is 5.55. The van der Waals surface area contributed by atoms with Gasteiger partial charge in [-0.05, 0) is 37.4 Å². The molecule has 2 aromatic heterocycles. The number of anilines is 2. The summed E-state index contributed by atoms with van der Waals surface area (Å²) in [7, 11) is 1.66. The summed E-state index contributed by atoms with van der Waals surface area (Å²) in [6, 6.07) is 9.84. The molecule has 0 bridgehead atoms. The predicted octanol–water partition coefficient (Wildman–Crippen LogP) is 2.77. The largest absolute Gasteiger partial charge is 0.496 e. The van der Waals surface area contributed by atoms with Gasteiger partial charge < -0.3 is 15.8 Å². The Kier molecular flexibility index (Phi) is 5.97. The second-order valence-electron chi connectivity index (χ2n) is 5.93. The number of rotatable bonds is 8. The summed E-state index contributed by atoms with van der Waals surface area (Å²) in [6.45, 7) is 0.684. The normalized spacial score (nSPS) is 10.4. The number of H-pyrrole nitrogens is 1. The number of benzene rings is 1. The van der Waals surface area contributed by atoms with E-state index in [0.29, 0.717) is 18.2 Å². The first-order valence-electron chi connectivity index (χ1n) is 8.66. The van der Waals surface area contributed by atoms with Gasteiger partial charge in [0.1, 0.15) is 17.6 Å². The first kappa shape index (κ1) is 18.4. The molecule has 0 aliphatic heterocycles. The number of unbranched alkanes of at least 4 members (excludes halogenated alkanes) is 1. The minimum atomic E-state index is 0.263. The van der Waals surface area contributed by atoms with E-state index < -0.39 is 0 Å². The number of nitriles is 1. The van der Waals surface area contributed by atoms with Crippen molar-refractivity contribution in [2.45, 2.75) is 19.3 Å². The zero-order chi connectivity index (χ0) is 19.1. The average molecular weight is 363 g/mol. The van der Waals surface area contributed by atoms with E-state index in [4.69, 9.17) is 15.7 Å². The number of aromatic nitrogens is 4. The minimum absolute atomic E-state index is 0.263. The molecule has 2 heterocycles. The van der Waals surface area contributed by atoms with Crippen LogP contribution in [0.4, 0.5) is 11.6 Å². The van der Waals surface area contributed by atoms with Gasteiger partial charge >= 0.3 is 0 Å². The monoisotopic (exact) mass is 363 g/mol. The number of hydrogen-bond acceptors (Lipinski definition) is 7. The number of aromatic amines is 1. The van der Waals surface area contributed by atoms with Gasteiger partial charge in [0.25, 0.3) is 0 Å². The molecule has 0 aliphatic carbocycles. The maximum absolute atomic E-state index is 8.79. The molecular weight excluding hydrogens is 342 g/mol. The molecule has 3 rings (SSSR count). The number of hydrogen-bond donors (Lipinski definition) is 3. The number of ether oxygens (including phenoxy) is 1. The third-order valence-corrected chi connectivity index (χ3v) is 4.10. The second kappa shape index (κ2) is 8.78. The lowest BCUT2D eigenvalue weighted by molar-refractivity contribution is 0.415. The highest BCUT2D eigenvalue weighted by Gasteiger charge is 2.14. The molecule has 0 atom stereocenters. The Bertz CT molecular complexity index is 928. The lowest BCUT2D eigenvalue weighted by Crippen LogP contribution is -2.00. The first-order valence-corrected chi connectivity index (χ1v) is 8.66. The lowest BCUT2D eigenvalue weighted by Gasteiger charge is -2.12. The maximum Gasteiger partial charge on any atom is 0.158 e. The fourth-order valence-corrected chi connectivity index (χ4v) is 2.82. The third-order valence-electron chi connectivity index (χ3n) is 4.10. The summed E-state index contributed by atoms with van der Waals surface area (Å²) in [6.07, 6.45) is 5.80. The van der Waals surface area contributed by atoms with Gasteiger partial charge in [0.15, 0.2) is 11.5 Å². The van der Waals surface area contributed by atoms with Crippen molar-refractivity contribution in [3.63, 3.8) is 0 Å². The zero-order valence-corrected chi connectivity index (χ0v) is 15.1. The van der Waals surface area contributed by atoms with Crippen molar-refractivity contribution in [3.8, 4) is 23.1 Å². The molecule has 0 unspecified atom stereocenters. The van der Waals surface area contributed by atoms with E-state index in [-0.39, 0.29) is 5.69 Å². The molecule has 0 aliphatic rings. The van der Waals surface area contributed by atoms with Gasteiger partial charge in [0.05, 0.1) is 25.2 Å². The number of nitrogens with one attached hydrogen (secondary N) is 2. The van der Waals surface area contributed by atoms with Crippen molar-refractivity contribution in [3.05, 3.63) is 47.9 Å². The van der Waals surface area contributed by atoms with Crippen LogP contribution in [0.3, 0.4) is 0 Å². The Labute approximate surface area is 157 Å². The minimum Gasteiger partial charge on any atom is -0.496 e. The predicted molar refractivity (Wildman–Crippen MR) is 103 cm³/mol. The Morgan fingerprint density at radius 1 is 1.22 bits per heavy atom. The van der Waals surface area contributed by atoms with Gasteiger partial charge in [0, 0.05) is 11.6 Å². The van der Waals surface area contributed by atoms with E-state index >= 15 is 0 Å². The van der Waals surface area contributed by atoms with Crippen molar-refractivity contribution in [1.82, 2.24) is 20.2 Å². The van der Waals surface area contributed by atoms with E-state index in [9.17, 15) is 0 Å². The van der Waals surface area contributed by atoms with Crippen molar-refractivity contribution in [2.75, 3.05) is 19.0 Å². The average Bonchev–Trinajstić information content (AvgIpc) is 3.16. The van der Waals surface area contributed by atoms with Crippen LogP contribution in [0.25, 0.3) is 11.3 Å². The number of aryl methyl sites for hydroxylation is 1. The topological polar surface area (TPSA) is 126 Å². The summed E-state index contributed by atoms with van der Waals surface area (Å²) in [5.41, 5.74) is 8.89. The maximum atomic E-state index is 8.79. The first-order chi connectivity index (χ1) is 13.2. The van der Waals surface area contributed by atoms with Gasteiger partial charge in [-0.3, -0.25) is 5.10 Å². The molecule has 8 nitrogen and oxygen atoms in total. The Hall–Kier alpha value is -3.44. The molecule has 0 spiro atoms. The number of nitrogens with two attached hydrogens (primary N) is 1. The van der Waals surface area contributed by atoms with Crippen LogP contribution in [0.15, 0.2) is 36.7 Å². The van der Waals surface area contributed by atoms with E-state index in [1.54, 1.807) is 7.11 Å². The second-order valence-corrected chi connectivity index (χ2v) is 5.93. The quantitative estimate of drug-likeness (QED) is 0.525. The van der Waals surface area contributed by atoms with E-state index in [0.717, 1.165) is 36.3 Å². The van der Waals surface area contributed by atoms with Gasteiger partial charge in [-0.2, -0.15) is 10.4 Å². The molecular formula is C19H21N7O. The summed E-state index contributed by atoms with van der Waals surface area (Å²) in [4.78, 5) is 8.13. The highest BCUT2D eigenvalue weighted by atomic mass is 16.5. The van der Waals surface area contributed by atoms with E-state index in [1.807, 2.05) is 24.3 Å². The van der Waals surface area contributed by atoms with Crippen molar-refractivity contribution >= 4 is 11.6 Å². The molecule has 0 amide bonds. The number of nitrogens with zero attached hydrogens (tertiary/aromatic N) is 4. The van der Waals surface area contributed by atoms with Crippen LogP contribution in [0.5, 0.6) is 5.75 Å². The molecule has 0 saturated carbocycles. The highest BCUT2D eigenvalue weighted by Crippen LogP contribution is 2.34. The highest BCUT2D eigenvalue weighted by molar-refractivity contribution is 5.73. The Morgan fingerprint density at radius 3 is 2.81 bits per heavy atom. The SMILES string of the molecule is COc1cccc(CCCCN)c1-c1cc(Nc2cnc(C#N)cn2)n[nH]1. The van der Waals surface area contributed by atoms with Crippen molar-refractivity contribution in [1.29, 1.82) is 5.26 Å². The molecule has 8 heteroatoms. The molecule has 0 saturated heterocycles. The fraction of sp³-hybridized carbons (Fsp3) is 0.263. The van der Waals surface area contributed by atoms with E-state index in [1.165, 1.54) is 18.0 Å². The summed E-state index contributed by atoms with van der Waals surface area (Å²) in [5, 5.41) is 19.2. The number of methoxy groups -OCH3 is 1. The van der Waals surface area contributed by atoms with Crippen LogP contribution >= 0.6 is 0 Å². The van der Waals surface area contributed by atoms with Crippen LogP contribution in [0.2, 0.25) is 0 Å². The molecule has 0 radical (unpaired) electrons. The van der Waals surface area contributed by atoms with Gasteiger partial charge in [-0.25, -0.2) is 9.97 Å². The fourth-order valence-electron chi connectivity index (χ4n) is 2.82. The molecule has 3 aromatic rings. The zero-order valence-electron chi connectivity index (χ0n) is 15.1. The molecule has 1 aromatic carbocycles. The third kappa shape index (κ3) is 4.40. The smallest absolute Gasteiger partial charge is 0.158 e. The van der Waals surface area contributed by atoms with Crippen LogP contribution in [-0.4, -0.2) is 33.8 Å². The molecule has 4 N–H and O–H groups in total. The van der Waals surface area contributed by atoms with Gasteiger partial charge in [-0.1, -0.05) is 12.1 Å². The lowest BCUT2D eigenvalue weighted by atomic mass is 9.98. The Morgan fingerprint density at radius 2 is 2.11 bits per heavy atom. The summed E-state index contributed by atoms with van der Waals surface area (Å²) >= 11 is 0. The molecule has 0 fully saturated rings. The molecule has 27 heavy (non-hydrogen) atoms. The van der Waals surface area contributed by atoms with Crippen LogP contribution in [0, 0.1) is 11.3 Å². The van der Waals surface area contributed by atoms with Gasteiger partial charge in [0.2, 0.25) is 0 Å². The van der Waals surface area contributed by atoms with Crippen LogP contribution in [-0.2, 0) is 6.42 Å². The van der Waals surface area contributed by atoms with Gasteiger partial charge in [-0.15, -0.1) is 0 Å². The van der Waals surface area contributed by atoms with Crippen molar-refractivity contribution < 1.29 is 4.74 Å². The molecule has 138 valence electrons. The summed E-state index contributed by atoms with van der Waals surface area (Å²) in [5.74, 6) is 1.90. The van der Waals surface area contributed by atoms with Crippen LogP contribution < -0.4 is 15.8 Å². The Balaban J connectivity index is 1.85. The standard InChI is InChI=1S/C19H21N7O/c1-27-16-7-4-6-13(5-2-3-8-20)19(16)15-9-17(26-25-15)24-18-12-22-14(10-21)11-23-18/h4,6-7,9,11-12H,2-3,5,8,20H2,1H3,(H2,23,24,25,26). The van der Waals surface area contributed by atoms with Crippen molar-refractivity contribution in [2.24, 2.45) is 5.73 Å². The van der Waals surface area contributed by atoms with E-state index in [2.05, 4.69) is 31.5 Å². The van der Waals surface area contributed by atoms with Crippen LogP contribution in [0.1, 0.15) is 24.1 Å².